The first-order chi connectivity index (χ1) is 20.3. The molecule has 2 N–H and O–H groups in total. The van der Waals surface area contributed by atoms with Crippen LogP contribution < -0.4 is 4.74 Å². The van der Waals surface area contributed by atoms with Crippen molar-refractivity contribution in [3.05, 3.63) is 112 Å². The average molecular weight is 586 g/mol. The number of ether oxygens (including phenoxy) is 1. The van der Waals surface area contributed by atoms with Crippen molar-refractivity contribution in [2.24, 2.45) is 0 Å². The van der Waals surface area contributed by atoms with Gasteiger partial charge in [-0.25, -0.2) is 4.79 Å². The Morgan fingerprint density at radius 3 is 2.19 bits per heavy atom. The smallest absolute Gasteiger partial charge is 0.335 e. The fraction of sp³-hybridized carbons (Fsp3) is 0.314. The maximum Gasteiger partial charge on any atom is 0.335 e. The summed E-state index contributed by atoms with van der Waals surface area (Å²) in [5.74, 6) is -0.431. The molecule has 0 aliphatic rings. The Kier molecular flexibility index (Phi) is 11.3. The fourth-order valence-electron chi connectivity index (χ4n) is 5.20. The molecule has 0 aliphatic carbocycles. The van der Waals surface area contributed by atoms with Crippen LogP contribution in [-0.4, -0.2) is 33.6 Å². The number of aliphatic carboxylic acids is 1. The Morgan fingerprint density at radius 1 is 0.833 bits per heavy atom. The number of thiophene rings is 1. The van der Waals surface area contributed by atoms with Crippen LogP contribution in [0.1, 0.15) is 77.4 Å². The van der Waals surface area contributed by atoms with E-state index in [4.69, 9.17) is 4.74 Å². The van der Waals surface area contributed by atoms with Gasteiger partial charge in [-0.05, 0) is 77.4 Å². The highest BCUT2D eigenvalue weighted by Gasteiger charge is 2.15. The van der Waals surface area contributed by atoms with Gasteiger partial charge in [-0.15, -0.1) is 11.3 Å². The SMILES string of the molecule is CCCC(CCC)c1ccc(OCc2ccc(-c3ccc(CN(CC(=O)O)Cc4cccc(C(=O)O)c4)s3)cc2)cc1. The highest BCUT2D eigenvalue weighted by atomic mass is 32.1. The van der Waals surface area contributed by atoms with Gasteiger partial charge < -0.3 is 14.9 Å². The normalized spacial score (nSPS) is 11.2. The molecular formula is C35H39NO5S. The number of rotatable bonds is 16. The molecule has 0 radical (unpaired) electrons. The van der Waals surface area contributed by atoms with E-state index in [1.165, 1.54) is 37.3 Å². The third kappa shape index (κ3) is 9.03. The molecule has 0 atom stereocenters. The minimum Gasteiger partial charge on any atom is -0.489 e. The monoisotopic (exact) mass is 585 g/mol. The number of carboxylic acids is 2. The Balaban J connectivity index is 1.35. The molecule has 0 aliphatic heterocycles. The van der Waals surface area contributed by atoms with Gasteiger partial charge in [0.2, 0.25) is 0 Å². The van der Waals surface area contributed by atoms with Crippen molar-refractivity contribution in [2.45, 2.75) is 65.1 Å². The van der Waals surface area contributed by atoms with E-state index >= 15 is 0 Å². The highest BCUT2D eigenvalue weighted by Crippen LogP contribution is 2.30. The molecule has 0 saturated heterocycles. The van der Waals surface area contributed by atoms with Crippen molar-refractivity contribution in [1.29, 1.82) is 0 Å². The number of carbonyl (C=O) groups is 2. The average Bonchev–Trinajstić information content (AvgIpc) is 3.44. The number of carboxylic acid groups (broad SMARTS) is 2. The molecule has 1 heterocycles. The summed E-state index contributed by atoms with van der Waals surface area (Å²) in [6.07, 6.45) is 4.82. The lowest BCUT2D eigenvalue weighted by molar-refractivity contribution is -0.138. The van der Waals surface area contributed by atoms with E-state index in [1.54, 1.807) is 28.4 Å². The van der Waals surface area contributed by atoms with Crippen molar-refractivity contribution in [1.82, 2.24) is 4.90 Å². The molecule has 0 bridgehead atoms. The molecule has 4 aromatic rings. The van der Waals surface area contributed by atoms with E-state index in [1.807, 2.05) is 12.1 Å². The van der Waals surface area contributed by atoms with Crippen molar-refractivity contribution in [3.8, 4) is 16.2 Å². The van der Waals surface area contributed by atoms with Crippen molar-refractivity contribution in [3.63, 3.8) is 0 Å². The number of benzene rings is 3. The number of aromatic carboxylic acids is 1. The third-order valence-corrected chi connectivity index (χ3v) is 8.37. The van der Waals surface area contributed by atoms with Gasteiger partial charge in [-0.3, -0.25) is 9.69 Å². The summed E-state index contributed by atoms with van der Waals surface area (Å²) in [4.78, 5) is 26.8. The molecule has 0 saturated carbocycles. The zero-order valence-electron chi connectivity index (χ0n) is 24.3. The highest BCUT2D eigenvalue weighted by molar-refractivity contribution is 7.15. The van der Waals surface area contributed by atoms with E-state index in [-0.39, 0.29) is 12.1 Å². The van der Waals surface area contributed by atoms with Crippen LogP contribution in [0.4, 0.5) is 0 Å². The van der Waals surface area contributed by atoms with Gasteiger partial charge in [0, 0.05) is 22.8 Å². The standard InChI is InChI=1S/C35H39NO5S/c1-3-6-27(7-4-2)28-14-16-31(17-15-28)41-24-25-10-12-29(13-11-25)33-19-18-32(42-33)22-36(23-34(37)38)21-26-8-5-9-30(20-26)35(39)40/h5,8-20,27H,3-4,6-7,21-24H2,1-2H3,(H,37,38)(H,39,40). The van der Waals surface area contributed by atoms with Gasteiger partial charge in [-0.2, -0.15) is 0 Å². The lowest BCUT2D eigenvalue weighted by Gasteiger charge is -2.19. The quantitative estimate of drug-likeness (QED) is 0.137. The molecule has 4 rings (SSSR count). The summed E-state index contributed by atoms with van der Waals surface area (Å²) in [5.41, 5.74) is 4.53. The Labute approximate surface area is 252 Å². The topological polar surface area (TPSA) is 87.1 Å². The van der Waals surface area contributed by atoms with Gasteiger partial charge in [0.25, 0.3) is 0 Å². The zero-order chi connectivity index (χ0) is 29.9. The van der Waals surface area contributed by atoms with Crippen LogP contribution in [0.3, 0.4) is 0 Å². The molecule has 220 valence electrons. The predicted molar refractivity (Wildman–Crippen MR) is 168 cm³/mol. The minimum absolute atomic E-state index is 0.139. The molecule has 6 nitrogen and oxygen atoms in total. The summed E-state index contributed by atoms with van der Waals surface area (Å²) in [6.45, 7) is 5.64. The van der Waals surface area contributed by atoms with Gasteiger partial charge in [0.15, 0.2) is 0 Å². The summed E-state index contributed by atoms with van der Waals surface area (Å²) in [7, 11) is 0. The van der Waals surface area contributed by atoms with Crippen LogP contribution in [0.2, 0.25) is 0 Å². The molecule has 3 aromatic carbocycles. The molecule has 0 spiro atoms. The van der Waals surface area contributed by atoms with Crippen LogP contribution in [-0.2, 0) is 24.5 Å². The van der Waals surface area contributed by atoms with Gasteiger partial charge in [-0.1, -0.05) is 75.2 Å². The van der Waals surface area contributed by atoms with Crippen molar-refractivity contribution in [2.75, 3.05) is 6.54 Å². The lowest BCUT2D eigenvalue weighted by atomic mass is 9.90. The molecule has 7 heteroatoms. The Bertz CT molecular complexity index is 1440. The number of hydrogen-bond donors (Lipinski definition) is 2. The van der Waals surface area contributed by atoms with E-state index in [2.05, 4.69) is 68.4 Å². The minimum atomic E-state index is -1.00. The molecule has 0 amide bonds. The summed E-state index contributed by atoms with van der Waals surface area (Å²) in [6, 6.07) is 27.6. The van der Waals surface area contributed by atoms with Crippen LogP contribution in [0, 0.1) is 0 Å². The van der Waals surface area contributed by atoms with Gasteiger partial charge in [0.05, 0.1) is 12.1 Å². The summed E-state index contributed by atoms with van der Waals surface area (Å²) in [5, 5.41) is 18.7. The fourth-order valence-corrected chi connectivity index (χ4v) is 6.26. The molecule has 42 heavy (non-hydrogen) atoms. The molecule has 1 aromatic heterocycles. The van der Waals surface area contributed by atoms with E-state index in [0.717, 1.165) is 32.2 Å². The van der Waals surface area contributed by atoms with Crippen molar-refractivity contribution < 1.29 is 24.5 Å². The first kappa shape index (κ1) is 31.0. The number of hydrogen-bond acceptors (Lipinski definition) is 5. The Hall–Kier alpha value is -3.94. The maximum atomic E-state index is 11.5. The van der Waals surface area contributed by atoms with Crippen LogP contribution in [0.25, 0.3) is 10.4 Å². The van der Waals surface area contributed by atoms with E-state index < -0.39 is 11.9 Å². The van der Waals surface area contributed by atoms with Gasteiger partial charge >= 0.3 is 11.9 Å². The van der Waals surface area contributed by atoms with Crippen LogP contribution in [0.15, 0.2) is 84.9 Å². The summed E-state index contributed by atoms with van der Waals surface area (Å²) < 4.78 is 6.06. The van der Waals surface area contributed by atoms with E-state index in [0.29, 0.717) is 25.6 Å². The van der Waals surface area contributed by atoms with Crippen molar-refractivity contribution >= 4 is 23.3 Å². The van der Waals surface area contributed by atoms with E-state index in [9.17, 15) is 19.8 Å². The first-order valence-corrected chi connectivity index (χ1v) is 15.3. The second kappa shape index (κ2) is 15.3. The first-order valence-electron chi connectivity index (χ1n) is 14.5. The largest absolute Gasteiger partial charge is 0.489 e. The number of nitrogens with zero attached hydrogens (tertiary/aromatic N) is 1. The summed E-state index contributed by atoms with van der Waals surface area (Å²) >= 11 is 1.63. The third-order valence-electron chi connectivity index (χ3n) is 7.25. The Morgan fingerprint density at radius 2 is 1.55 bits per heavy atom. The predicted octanol–water partition coefficient (Wildman–Crippen LogP) is 8.46. The van der Waals surface area contributed by atoms with Crippen LogP contribution >= 0.6 is 11.3 Å². The maximum absolute atomic E-state index is 11.5. The molecular weight excluding hydrogens is 546 g/mol. The molecule has 0 unspecified atom stereocenters. The van der Waals surface area contributed by atoms with Crippen LogP contribution in [0.5, 0.6) is 5.75 Å². The zero-order valence-corrected chi connectivity index (χ0v) is 25.1. The van der Waals surface area contributed by atoms with Gasteiger partial charge in [0.1, 0.15) is 12.4 Å². The second-order valence-corrected chi connectivity index (χ2v) is 11.8. The lowest BCUT2D eigenvalue weighted by Crippen LogP contribution is -2.28. The second-order valence-electron chi connectivity index (χ2n) is 10.6. The molecule has 0 fully saturated rings.